The second-order valence-electron chi connectivity index (χ2n) is 3.22. The fourth-order valence-electron chi connectivity index (χ4n) is 1.21. The van der Waals surface area contributed by atoms with Crippen LogP contribution in [0.3, 0.4) is 0 Å². The molecule has 1 rings (SSSR count). The lowest BCUT2D eigenvalue weighted by molar-refractivity contribution is 0.475. The maximum absolute atomic E-state index is 8.90. The van der Waals surface area contributed by atoms with E-state index in [1.807, 2.05) is 31.2 Å². The van der Waals surface area contributed by atoms with Crippen molar-refractivity contribution < 1.29 is 5.11 Å². The summed E-state index contributed by atoms with van der Waals surface area (Å²) in [6, 6.07) is 7.80. The number of hydrogen-bond acceptors (Lipinski definition) is 2. The number of allylic oxidation sites excluding steroid dienone is 1. The van der Waals surface area contributed by atoms with Gasteiger partial charge in [-0.1, -0.05) is 36.4 Å². The highest BCUT2D eigenvalue weighted by atomic mass is 16.2. The van der Waals surface area contributed by atoms with Crippen LogP contribution in [0.15, 0.2) is 37.1 Å². The maximum Gasteiger partial charge on any atom is 0.0842 e. The van der Waals surface area contributed by atoms with Gasteiger partial charge in [-0.15, -0.1) is 0 Å². The van der Waals surface area contributed by atoms with E-state index in [2.05, 4.69) is 6.58 Å². The smallest absolute Gasteiger partial charge is 0.0842 e. The molecule has 0 fully saturated rings. The molecule has 0 unspecified atom stereocenters. The SMILES string of the molecule is C=C(C)c1ccc(/C(=C/O)CN)cc1. The second-order valence-corrected chi connectivity index (χ2v) is 3.22. The van der Waals surface area contributed by atoms with Crippen molar-refractivity contribution >= 4 is 11.1 Å². The van der Waals surface area contributed by atoms with Crippen LogP contribution >= 0.6 is 0 Å². The minimum absolute atomic E-state index is 0.336. The number of aliphatic hydroxyl groups is 1. The van der Waals surface area contributed by atoms with Gasteiger partial charge in [0.15, 0.2) is 0 Å². The third-order valence-electron chi connectivity index (χ3n) is 2.12. The van der Waals surface area contributed by atoms with Crippen molar-refractivity contribution in [2.24, 2.45) is 5.73 Å². The van der Waals surface area contributed by atoms with Crippen molar-refractivity contribution in [3.05, 3.63) is 48.2 Å². The minimum Gasteiger partial charge on any atom is -0.515 e. The first kappa shape index (κ1) is 10.5. The number of nitrogens with two attached hydrogens (primary N) is 1. The zero-order valence-electron chi connectivity index (χ0n) is 8.33. The zero-order chi connectivity index (χ0) is 10.6. The molecule has 0 saturated heterocycles. The first-order chi connectivity index (χ1) is 6.69. The summed E-state index contributed by atoms with van der Waals surface area (Å²) in [7, 11) is 0. The molecule has 0 aliphatic carbocycles. The quantitative estimate of drug-likeness (QED) is 0.718. The first-order valence-electron chi connectivity index (χ1n) is 4.48. The third kappa shape index (κ3) is 2.24. The summed E-state index contributed by atoms with van der Waals surface area (Å²) in [5.41, 5.74) is 9.27. The van der Waals surface area contributed by atoms with Gasteiger partial charge in [0, 0.05) is 12.1 Å². The molecule has 3 N–H and O–H groups in total. The summed E-state index contributed by atoms with van der Waals surface area (Å²) in [6.45, 7) is 6.15. The lowest BCUT2D eigenvalue weighted by Crippen LogP contribution is -2.02. The Morgan fingerprint density at radius 3 is 2.21 bits per heavy atom. The van der Waals surface area contributed by atoms with Gasteiger partial charge in [0.2, 0.25) is 0 Å². The molecule has 14 heavy (non-hydrogen) atoms. The number of rotatable bonds is 3. The Kier molecular flexibility index (Phi) is 3.48. The standard InChI is InChI=1S/C12H15NO/c1-9(2)10-3-5-11(6-4-10)12(7-13)8-14/h3-6,8,14H,1,7,13H2,2H3/b12-8+. The fourth-order valence-corrected chi connectivity index (χ4v) is 1.21. The van der Waals surface area contributed by atoms with Crippen LogP contribution < -0.4 is 5.73 Å². The number of benzene rings is 1. The molecule has 0 atom stereocenters. The Labute approximate surface area is 84.4 Å². The zero-order valence-corrected chi connectivity index (χ0v) is 8.33. The highest BCUT2D eigenvalue weighted by molar-refractivity contribution is 5.69. The summed E-state index contributed by atoms with van der Waals surface area (Å²) in [6.07, 6.45) is 1.05. The van der Waals surface area contributed by atoms with Gasteiger partial charge in [0.1, 0.15) is 0 Å². The van der Waals surface area contributed by atoms with Crippen LogP contribution in [0.25, 0.3) is 11.1 Å². The average molecular weight is 189 g/mol. The average Bonchev–Trinajstić information content (AvgIpc) is 2.20. The van der Waals surface area contributed by atoms with Gasteiger partial charge in [0.05, 0.1) is 6.26 Å². The van der Waals surface area contributed by atoms with Crippen LogP contribution in [0.2, 0.25) is 0 Å². The van der Waals surface area contributed by atoms with Crippen LogP contribution in [-0.2, 0) is 0 Å². The van der Waals surface area contributed by atoms with E-state index in [-0.39, 0.29) is 0 Å². The number of hydrogen-bond donors (Lipinski definition) is 2. The molecule has 1 aromatic carbocycles. The molecular weight excluding hydrogens is 174 g/mol. The monoisotopic (exact) mass is 189 g/mol. The molecule has 74 valence electrons. The van der Waals surface area contributed by atoms with E-state index >= 15 is 0 Å². The van der Waals surface area contributed by atoms with E-state index in [0.29, 0.717) is 6.54 Å². The molecule has 0 saturated carbocycles. The third-order valence-corrected chi connectivity index (χ3v) is 2.12. The summed E-state index contributed by atoms with van der Waals surface area (Å²) < 4.78 is 0. The minimum atomic E-state index is 0.336. The predicted octanol–water partition coefficient (Wildman–Crippen LogP) is 2.58. The van der Waals surface area contributed by atoms with Crippen LogP contribution in [-0.4, -0.2) is 11.7 Å². The topological polar surface area (TPSA) is 46.2 Å². The van der Waals surface area contributed by atoms with Crippen molar-refractivity contribution in [3.63, 3.8) is 0 Å². The van der Waals surface area contributed by atoms with E-state index in [4.69, 9.17) is 10.8 Å². The Morgan fingerprint density at radius 2 is 1.86 bits per heavy atom. The van der Waals surface area contributed by atoms with Crippen LogP contribution in [0.1, 0.15) is 18.1 Å². The largest absolute Gasteiger partial charge is 0.515 e. The van der Waals surface area contributed by atoms with Crippen molar-refractivity contribution in [2.45, 2.75) is 6.92 Å². The molecule has 0 aliphatic heterocycles. The van der Waals surface area contributed by atoms with Gasteiger partial charge in [-0.05, 0) is 18.1 Å². The lowest BCUT2D eigenvalue weighted by atomic mass is 10.0. The summed E-state index contributed by atoms with van der Waals surface area (Å²) >= 11 is 0. The van der Waals surface area contributed by atoms with E-state index < -0.39 is 0 Å². The van der Waals surface area contributed by atoms with Gasteiger partial charge in [-0.3, -0.25) is 0 Å². The van der Waals surface area contributed by atoms with E-state index in [1.165, 1.54) is 0 Å². The molecule has 0 aromatic heterocycles. The first-order valence-corrected chi connectivity index (χ1v) is 4.48. The molecule has 2 heteroatoms. The van der Waals surface area contributed by atoms with Crippen molar-refractivity contribution in [1.29, 1.82) is 0 Å². The molecule has 0 radical (unpaired) electrons. The van der Waals surface area contributed by atoms with E-state index in [0.717, 1.165) is 28.5 Å². The fraction of sp³-hybridized carbons (Fsp3) is 0.167. The molecule has 0 heterocycles. The van der Waals surface area contributed by atoms with E-state index in [9.17, 15) is 0 Å². The van der Waals surface area contributed by atoms with Crippen LogP contribution in [0.4, 0.5) is 0 Å². The molecule has 2 nitrogen and oxygen atoms in total. The molecular formula is C12H15NO. The summed E-state index contributed by atoms with van der Waals surface area (Å²) in [5.74, 6) is 0. The van der Waals surface area contributed by atoms with Gasteiger partial charge < -0.3 is 10.8 Å². The molecule has 0 amide bonds. The van der Waals surface area contributed by atoms with Crippen molar-refractivity contribution in [3.8, 4) is 0 Å². The molecule has 0 aliphatic rings. The lowest BCUT2D eigenvalue weighted by Gasteiger charge is -2.04. The van der Waals surface area contributed by atoms with Crippen molar-refractivity contribution in [1.82, 2.24) is 0 Å². The Bertz CT molecular complexity index is 349. The van der Waals surface area contributed by atoms with Gasteiger partial charge in [0.25, 0.3) is 0 Å². The van der Waals surface area contributed by atoms with Gasteiger partial charge in [-0.25, -0.2) is 0 Å². The summed E-state index contributed by atoms with van der Waals surface area (Å²) in [4.78, 5) is 0. The summed E-state index contributed by atoms with van der Waals surface area (Å²) in [5, 5.41) is 8.90. The maximum atomic E-state index is 8.90. The second kappa shape index (κ2) is 4.63. The predicted molar refractivity (Wildman–Crippen MR) is 60.8 cm³/mol. The van der Waals surface area contributed by atoms with Gasteiger partial charge >= 0.3 is 0 Å². The number of aliphatic hydroxyl groups excluding tert-OH is 1. The highest BCUT2D eigenvalue weighted by Crippen LogP contribution is 2.17. The van der Waals surface area contributed by atoms with Crippen LogP contribution in [0, 0.1) is 0 Å². The normalized spacial score (nSPS) is 11.4. The van der Waals surface area contributed by atoms with Crippen LogP contribution in [0.5, 0.6) is 0 Å². The molecule has 0 spiro atoms. The molecule has 1 aromatic rings. The van der Waals surface area contributed by atoms with Crippen molar-refractivity contribution in [2.75, 3.05) is 6.54 Å². The highest BCUT2D eigenvalue weighted by Gasteiger charge is 1.99. The Balaban J connectivity index is 2.99. The molecule has 0 bridgehead atoms. The van der Waals surface area contributed by atoms with Gasteiger partial charge in [-0.2, -0.15) is 0 Å². The Morgan fingerprint density at radius 1 is 1.36 bits per heavy atom. The Hall–Kier alpha value is -1.54. The van der Waals surface area contributed by atoms with E-state index in [1.54, 1.807) is 0 Å².